The molecule has 0 saturated carbocycles. The molecule has 0 saturated heterocycles. The van der Waals surface area contributed by atoms with Gasteiger partial charge in [-0.05, 0) is 37.3 Å². The van der Waals surface area contributed by atoms with Crippen LogP contribution in [0.2, 0.25) is 5.02 Å². The number of aryl methyl sites for hydroxylation is 1. The summed E-state index contributed by atoms with van der Waals surface area (Å²) in [6.45, 7) is 1.71. The number of hydrogen-bond acceptors (Lipinski definition) is 3. The van der Waals surface area contributed by atoms with E-state index < -0.39 is 17.2 Å². The molecule has 0 bridgehead atoms. The van der Waals surface area contributed by atoms with Crippen LogP contribution in [0.15, 0.2) is 59.5 Å². The molecular formula is C20H14ClFN4O2. The van der Waals surface area contributed by atoms with E-state index in [9.17, 15) is 14.0 Å². The molecule has 1 amide bonds. The predicted octanol–water partition coefficient (Wildman–Crippen LogP) is 4.07. The smallest absolute Gasteiger partial charge is 0.261 e. The van der Waals surface area contributed by atoms with Crippen molar-refractivity contribution in [3.8, 4) is 5.69 Å². The van der Waals surface area contributed by atoms with E-state index >= 15 is 0 Å². The molecular weight excluding hydrogens is 383 g/mol. The molecule has 0 radical (unpaired) electrons. The second-order valence-electron chi connectivity index (χ2n) is 6.17. The molecule has 2 aromatic carbocycles. The van der Waals surface area contributed by atoms with Gasteiger partial charge in [0.1, 0.15) is 17.0 Å². The highest BCUT2D eigenvalue weighted by Crippen LogP contribution is 2.21. The number of H-pyrrole nitrogens is 1. The van der Waals surface area contributed by atoms with E-state index in [1.54, 1.807) is 11.6 Å². The largest absolute Gasteiger partial charge is 0.345 e. The molecule has 2 N–H and O–H groups in total. The number of halogens is 2. The second-order valence-corrected chi connectivity index (χ2v) is 6.58. The van der Waals surface area contributed by atoms with E-state index in [0.29, 0.717) is 16.7 Å². The van der Waals surface area contributed by atoms with Gasteiger partial charge in [-0.15, -0.1) is 0 Å². The molecule has 0 fully saturated rings. The molecule has 0 unspecified atom stereocenters. The molecule has 2 heterocycles. The number of para-hydroxylation sites is 1. The van der Waals surface area contributed by atoms with Gasteiger partial charge in [0.25, 0.3) is 5.91 Å². The van der Waals surface area contributed by atoms with Crippen LogP contribution in [0.25, 0.3) is 16.7 Å². The van der Waals surface area contributed by atoms with E-state index in [0.717, 1.165) is 11.8 Å². The Balaban J connectivity index is 1.76. The Hall–Kier alpha value is -3.45. The molecule has 140 valence electrons. The van der Waals surface area contributed by atoms with Crippen LogP contribution >= 0.6 is 11.6 Å². The summed E-state index contributed by atoms with van der Waals surface area (Å²) in [5.74, 6) is -1.22. The summed E-state index contributed by atoms with van der Waals surface area (Å²) in [6, 6.07) is 13.1. The third-order valence-corrected chi connectivity index (χ3v) is 4.60. The summed E-state index contributed by atoms with van der Waals surface area (Å²) in [5, 5.41) is 7.18. The summed E-state index contributed by atoms with van der Waals surface area (Å²) < 4.78 is 14.9. The lowest BCUT2D eigenvalue weighted by molar-refractivity contribution is 0.102. The third kappa shape index (κ3) is 3.05. The summed E-state index contributed by atoms with van der Waals surface area (Å²) in [4.78, 5) is 28.5. The first-order valence-electron chi connectivity index (χ1n) is 8.38. The summed E-state index contributed by atoms with van der Waals surface area (Å²) in [7, 11) is 0. The van der Waals surface area contributed by atoms with E-state index in [-0.39, 0.29) is 16.3 Å². The van der Waals surface area contributed by atoms with Gasteiger partial charge >= 0.3 is 0 Å². The number of aromatic amines is 1. The van der Waals surface area contributed by atoms with E-state index in [4.69, 9.17) is 11.6 Å². The van der Waals surface area contributed by atoms with Crippen LogP contribution in [-0.4, -0.2) is 20.7 Å². The van der Waals surface area contributed by atoms with Gasteiger partial charge in [-0.25, -0.2) is 9.07 Å². The fourth-order valence-electron chi connectivity index (χ4n) is 2.97. The Morgan fingerprint density at radius 3 is 2.68 bits per heavy atom. The molecule has 28 heavy (non-hydrogen) atoms. The number of hydrogen-bond donors (Lipinski definition) is 2. The molecule has 0 aliphatic rings. The molecule has 2 aromatic heterocycles. The van der Waals surface area contributed by atoms with E-state index in [2.05, 4.69) is 15.4 Å². The zero-order valence-electron chi connectivity index (χ0n) is 14.7. The predicted molar refractivity (Wildman–Crippen MR) is 106 cm³/mol. The summed E-state index contributed by atoms with van der Waals surface area (Å²) in [6.07, 6.45) is 1.34. The molecule has 6 nitrogen and oxygen atoms in total. The zero-order valence-corrected chi connectivity index (χ0v) is 15.4. The number of benzene rings is 2. The minimum atomic E-state index is -0.627. The Morgan fingerprint density at radius 2 is 1.96 bits per heavy atom. The number of pyridine rings is 1. The molecule has 4 aromatic rings. The third-order valence-electron chi connectivity index (χ3n) is 4.31. The summed E-state index contributed by atoms with van der Waals surface area (Å²) >= 11 is 5.73. The van der Waals surface area contributed by atoms with Crippen molar-refractivity contribution in [3.63, 3.8) is 0 Å². The monoisotopic (exact) mass is 396 g/mol. The lowest BCUT2D eigenvalue weighted by atomic mass is 10.1. The quantitative estimate of drug-likeness (QED) is 0.548. The van der Waals surface area contributed by atoms with Gasteiger partial charge in [0, 0.05) is 11.9 Å². The number of carbonyl (C=O) groups is 1. The first kappa shape index (κ1) is 17.9. The number of nitrogens with one attached hydrogen (secondary N) is 2. The highest BCUT2D eigenvalue weighted by molar-refractivity contribution is 6.31. The van der Waals surface area contributed by atoms with Crippen molar-refractivity contribution < 1.29 is 9.18 Å². The highest BCUT2D eigenvalue weighted by atomic mass is 35.5. The minimum absolute atomic E-state index is 0.0799. The van der Waals surface area contributed by atoms with Crippen LogP contribution in [-0.2, 0) is 0 Å². The molecule has 8 heteroatoms. The zero-order chi connectivity index (χ0) is 19.8. The lowest BCUT2D eigenvalue weighted by Crippen LogP contribution is -2.22. The van der Waals surface area contributed by atoms with Crippen molar-refractivity contribution >= 4 is 34.2 Å². The minimum Gasteiger partial charge on any atom is -0.345 e. The Kier molecular flexibility index (Phi) is 4.44. The first-order chi connectivity index (χ1) is 13.5. The van der Waals surface area contributed by atoms with Gasteiger partial charge < -0.3 is 10.3 Å². The maximum atomic E-state index is 13.3. The van der Waals surface area contributed by atoms with E-state index in [1.807, 2.05) is 30.3 Å². The van der Waals surface area contributed by atoms with Crippen LogP contribution < -0.4 is 10.7 Å². The van der Waals surface area contributed by atoms with Crippen molar-refractivity contribution in [2.45, 2.75) is 6.92 Å². The Bertz CT molecular complexity index is 1260. The van der Waals surface area contributed by atoms with Gasteiger partial charge in [0.15, 0.2) is 0 Å². The SMILES string of the molecule is Cc1nn(-c2ccccc2)c2[nH]cc(C(=O)Nc3ccc(F)c(Cl)c3)c(=O)c12. The van der Waals surface area contributed by atoms with Crippen molar-refractivity contribution in [1.82, 2.24) is 14.8 Å². The molecule has 0 aliphatic heterocycles. The number of nitrogens with zero attached hydrogens (tertiary/aromatic N) is 2. The fourth-order valence-corrected chi connectivity index (χ4v) is 3.15. The Morgan fingerprint density at radius 1 is 1.21 bits per heavy atom. The highest BCUT2D eigenvalue weighted by Gasteiger charge is 2.19. The number of anilines is 1. The number of carbonyl (C=O) groups excluding carboxylic acids is 1. The van der Waals surface area contributed by atoms with Gasteiger partial charge in [-0.2, -0.15) is 5.10 Å². The number of rotatable bonds is 3. The van der Waals surface area contributed by atoms with Gasteiger partial charge in [-0.3, -0.25) is 9.59 Å². The van der Waals surface area contributed by atoms with Crippen LogP contribution in [0.4, 0.5) is 10.1 Å². The normalized spacial score (nSPS) is 11.0. The molecule has 0 atom stereocenters. The van der Waals surface area contributed by atoms with Crippen LogP contribution in [0.5, 0.6) is 0 Å². The number of fused-ring (bicyclic) bond motifs is 1. The lowest BCUT2D eigenvalue weighted by Gasteiger charge is -2.07. The van der Waals surface area contributed by atoms with E-state index in [1.165, 1.54) is 18.3 Å². The summed E-state index contributed by atoms with van der Waals surface area (Å²) in [5.41, 5.74) is 1.54. The van der Waals surface area contributed by atoms with Gasteiger partial charge in [0.2, 0.25) is 5.43 Å². The standard InChI is InChI=1S/C20H14ClFN4O2/c1-11-17-18(27)14(20(28)24-12-7-8-16(22)15(21)9-12)10-23-19(17)26(25-11)13-5-3-2-4-6-13/h2-10H,1H3,(H,23,27)(H,24,28). The van der Waals surface area contributed by atoms with Crippen molar-refractivity contribution in [2.75, 3.05) is 5.32 Å². The maximum Gasteiger partial charge on any atom is 0.261 e. The van der Waals surface area contributed by atoms with Gasteiger partial charge in [-0.1, -0.05) is 29.8 Å². The van der Waals surface area contributed by atoms with Crippen LogP contribution in [0, 0.1) is 12.7 Å². The van der Waals surface area contributed by atoms with Crippen molar-refractivity contribution in [2.24, 2.45) is 0 Å². The number of amides is 1. The van der Waals surface area contributed by atoms with Crippen LogP contribution in [0.1, 0.15) is 16.1 Å². The second kappa shape index (κ2) is 6.94. The fraction of sp³-hybridized carbons (Fsp3) is 0.0500. The Labute approximate surface area is 163 Å². The first-order valence-corrected chi connectivity index (χ1v) is 8.76. The van der Waals surface area contributed by atoms with Gasteiger partial charge in [0.05, 0.1) is 21.8 Å². The van der Waals surface area contributed by atoms with Crippen molar-refractivity contribution in [3.05, 3.63) is 87.0 Å². The van der Waals surface area contributed by atoms with Crippen molar-refractivity contribution in [1.29, 1.82) is 0 Å². The average Bonchev–Trinajstić information content (AvgIpc) is 3.03. The van der Waals surface area contributed by atoms with Crippen LogP contribution in [0.3, 0.4) is 0 Å². The maximum absolute atomic E-state index is 13.3. The molecule has 0 spiro atoms. The molecule has 4 rings (SSSR count). The molecule has 0 aliphatic carbocycles. The topological polar surface area (TPSA) is 79.8 Å². The average molecular weight is 397 g/mol. The number of aromatic nitrogens is 3.